The minimum absolute atomic E-state index is 0.709. The molecular formula is C6H9Hg. The van der Waals surface area contributed by atoms with Crippen molar-refractivity contribution in [3.8, 4) is 9.35 Å². The van der Waals surface area contributed by atoms with E-state index in [1.54, 1.807) is 0 Å². The van der Waals surface area contributed by atoms with Crippen LogP contribution in [0, 0.1) is 9.35 Å². The average Bonchev–Trinajstić information content (AvgIpc) is 1.69. The molecule has 1 heteroatoms. The molecule has 0 spiro atoms. The van der Waals surface area contributed by atoms with Gasteiger partial charge in [-0.3, -0.25) is 0 Å². The van der Waals surface area contributed by atoms with Crippen molar-refractivity contribution >= 4 is 0 Å². The summed E-state index contributed by atoms with van der Waals surface area (Å²) >= 11 is 0.709. The van der Waals surface area contributed by atoms with Gasteiger partial charge in [0.2, 0.25) is 0 Å². The molecule has 0 saturated carbocycles. The molecule has 0 unspecified atom stereocenters. The third-order valence-corrected chi connectivity index (χ3v) is 1.75. The Labute approximate surface area is 61.7 Å². The van der Waals surface area contributed by atoms with E-state index in [4.69, 9.17) is 0 Å². The Kier molecular flexibility index (Phi) is 6.95. The Morgan fingerprint density at radius 3 is 2.71 bits per heavy atom. The van der Waals surface area contributed by atoms with Crippen molar-refractivity contribution in [3.05, 3.63) is 0 Å². The van der Waals surface area contributed by atoms with Crippen LogP contribution in [-0.4, -0.2) is 0 Å². The Morgan fingerprint density at radius 1 is 1.57 bits per heavy atom. The standard InChI is InChI=1S/C6H9.Hg/c1-3-5-6-4-2;/h3,5-6H2,1H3;. The monoisotopic (exact) mass is 283 g/mol. The molecule has 0 N–H and O–H groups in total. The van der Waals surface area contributed by atoms with E-state index in [1.165, 1.54) is 12.8 Å². The summed E-state index contributed by atoms with van der Waals surface area (Å²) in [5.41, 5.74) is 0. The topological polar surface area (TPSA) is 0 Å². The molecule has 0 aromatic heterocycles. The summed E-state index contributed by atoms with van der Waals surface area (Å²) in [5.74, 6) is 3.09. The third-order valence-electron chi connectivity index (χ3n) is 0.780. The minimum atomic E-state index is 0.709. The van der Waals surface area contributed by atoms with E-state index in [9.17, 15) is 0 Å². The first-order chi connectivity index (χ1) is 3.41. The predicted octanol–water partition coefficient (Wildman–Crippen LogP) is 1.68. The van der Waals surface area contributed by atoms with Crippen LogP contribution in [0.15, 0.2) is 0 Å². The summed E-state index contributed by atoms with van der Waals surface area (Å²) < 4.78 is 3.05. The summed E-state index contributed by atoms with van der Waals surface area (Å²) in [7, 11) is 0. The van der Waals surface area contributed by atoms with Crippen LogP contribution in [-0.2, 0) is 26.1 Å². The van der Waals surface area contributed by atoms with E-state index in [0.717, 1.165) is 6.42 Å². The van der Waals surface area contributed by atoms with Crippen molar-refractivity contribution in [1.29, 1.82) is 0 Å². The number of unbranched alkanes of at least 4 members (excludes halogenated alkanes) is 2. The van der Waals surface area contributed by atoms with Gasteiger partial charge in [-0.05, 0) is 0 Å². The third kappa shape index (κ3) is 6.50. The molecule has 0 aromatic carbocycles. The van der Waals surface area contributed by atoms with Crippen LogP contribution in [0.2, 0.25) is 0 Å². The molecule has 0 atom stereocenters. The average molecular weight is 282 g/mol. The normalized spacial score (nSPS) is 7.29. The Hall–Kier alpha value is 0.495. The number of rotatable bonds is 2. The van der Waals surface area contributed by atoms with E-state index >= 15 is 0 Å². The van der Waals surface area contributed by atoms with Crippen molar-refractivity contribution < 1.29 is 26.1 Å². The molecule has 0 aliphatic heterocycles. The number of hydrogen-bond acceptors (Lipinski definition) is 0. The van der Waals surface area contributed by atoms with Gasteiger partial charge in [-0.15, -0.1) is 0 Å². The Balaban J connectivity index is 2.78. The molecule has 0 heterocycles. The molecule has 0 saturated heterocycles. The van der Waals surface area contributed by atoms with Gasteiger partial charge in [0.25, 0.3) is 0 Å². The molecular weight excluding hydrogens is 273 g/mol. The Morgan fingerprint density at radius 2 is 2.29 bits per heavy atom. The fourth-order valence-corrected chi connectivity index (χ4v) is 1.04. The van der Waals surface area contributed by atoms with Crippen molar-refractivity contribution in [3.63, 3.8) is 0 Å². The molecule has 0 fully saturated rings. The van der Waals surface area contributed by atoms with Crippen LogP contribution in [0.3, 0.4) is 0 Å². The zero-order chi connectivity index (χ0) is 5.54. The van der Waals surface area contributed by atoms with Gasteiger partial charge in [0.05, 0.1) is 0 Å². The van der Waals surface area contributed by atoms with Gasteiger partial charge in [-0.25, -0.2) is 0 Å². The Bertz CT molecular complexity index is 75.9. The molecule has 0 aromatic rings. The van der Waals surface area contributed by atoms with Gasteiger partial charge in [-0.1, -0.05) is 0 Å². The molecule has 0 aliphatic carbocycles. The molecule has 0 aliphatic rings. The van der Waals surface area contributed by atoms with Gasteiger partial charge in [-0.2, -0.15) is 0 Å². The maximum atomic E-state index is 3.09. The molecule has 0 radical (unpaired) electrons. The van der Waals surface area contributed by atoms with E-state index in [1.807, 2.05) is 0 Å². The van der Waals surface area contributed by atoms with E-state index in [-0.39, 0.29) is 0 Å². The maximum absolute atomic E-state index is 3.09. The predicted molar refractivity (Wildman–Crippen MR) is 27.3 cm³/mol. The van der Waals surface area contributed by atoms with Crippen LogP contribution >= 0.6 is 0 Å². The van der Waals surface area contributed by atoms with Crippen molar-refractivity contribution in [1.82, 2.24) is 0 Å². The molecule has 0 bridgehead atoms. The molecule has 0 amide bonds. The summed E-state index contributed by atoms with van der Waals surface area (Å²) in [6.45, 7) is 2.19. The summed E-state index contributed by atoms with van der Waals surface area (Å²) in [6.07, 6.45) is 3.69. The number of hydrogen-bond donors (Lipinski definition) is 0. The molecule has 35 valence electrons. The van der Waals surface area contributed by atoms with Gasteiger partial charge < -0.3 is 0 Å². The first-order valence-electron chi connectivity index (χ1n) is 2.66. The molecule has 0 nitrogen and oxygen atoms in total. The van der Waals surface area contributed by atoms with Gasteiger partial charge in [0, 0.05) is 0 Å². The van der Waals surface area contributed by atoms with Crippen LogP contribution in [0.4, 0.5) is 0 Å². The first-order valence-corrected chi connectivity index (χ1v) is 5.41. The van der Waals surface area contributed by atoms with E-state index in [0.29, 0.717) is 26.1 Å². The molecule has 0 rings (SSSR count). The SMILES string of the molecule is CCCCC#[C][Hg]. The zero-order valence-corrected chi connectivity index (χ0v) is 10.3. The second-order valence-corrected chi connectivity index (χ2v) is 2.83. The second kappa shape index (κ2) is 6.50. The van der Waals surface area contributed by atoms with Crippen LogP contribution in [0.25, 0.3) is 0 Å². The van der Waals surface area contributed by atoms with Crippen LogP contribution < -0.4 is 0 Å². The first kappa shape index (κ1) is 7.50. The fourth-order valence-electron chi connectivity index (χ4n) is 0.354. The fraction of sp³-hybridized carbons (Fsp3) is 0.667. The quantitative estimate of drug-likeness (QED) is 0.410. The zero-order valence-electron chi connectivity index (χ0n) is 4.83. The van der Waals surface area contributed by atoms with Gasteiger partial charge in [0.15, 0.2) is 0 Å². The van der Waals surface area contributed by atoms with Gasteiger partial charge >= 0.3 is 61.7 Å². The van der Waals surface area contributed by atoms with Gasteiger partial charge in [0.1, 0.15) is 0 Å². The van der Waals surface area contributed by atoms with E-state index in [2.05, 4.69) is 16.3 Å². The summed E-state index contributed by atoms with van der Waals surface area (Å²) in [4.78, 5) is 0. The van der Waals surface area contributed by atoms with Crippen molar-refractivity contribution in [2.75, 3.05) is 0 Å². The van der Waals surface area contributed by atoms with Crippen molar-refractivity contribution in [2.24, 2.45) is 0 Å². The van der Waals surface area contributed by atoms with Crippen LogP contribution in [0.5, 0.6) is 0 Å². The van der Waals surface area contributed by atoms with Crippen LogP contribution in [0.1, 0.15) is 26.2 Å². The van der Waals surface area contributed by atoms with Crippen molar-refractivity contribution in [2.45, 2.75) is 26.2 Å². The molecule has 7 heavy (non-hydrogen) atoms. The summed E-state index contributed by atoms with van der Waals surface area (Å²) in [5, 5.41) is 0. The second-order valence-electron chi connectivity index (χ2n) is 1.46. The summed E-state index contributed by atoms with van der Waals surface area (Å²) in [6, 6.07) is 0. The van der Waals surface area contributed by atoms with E-state index < -0.39 is 0 Å².